The summed E-state index contributed by atoms with van der Waals surface area (Å²) in [6.07, 6.45) is -3.99. The predicted octanol–water partition coefficient (Wildman–Crippen LogP) is 1.26. The summed E-state index contributed by atoms with van der Waals surface area (Å²) in [5.74, 6) is 0.0879. The Morgan fingerprint density at radius 3 is 2.71 bits per heavy atom. The Morgan fingerprint density at radius 1 is 1.41 bits per heavy atom. The highest BCUT2D eigenvalue weighted by Crippen LogP contribution is 2.29. The van der Waals surface area contributed by atoms with E-state index < -0.39 is 17.8 Å². The Kier molecular flexibility index (Phi) is 4.71. The molecule has 4 nitrogen and oxygen atoms in total. The van der Waals surface area contributed by atoms with E-state index in [1.165, 1.54) is 0 Å². The zero-order chi connectivity index (χ0) is 12.9. The Bertz CT molecular complexity index is 358. The molecule has 0 radical (unpaired) electrons. The standard InChI is InChI=1S/C10H13F3N2O2/c11-10(12,13)7-1-3-14-9(5-7)15-4-2-8(17)6-16/h1,3,5,8,16-17H,2,4,6H2,(H,14,15). The number of nitrogens with one attached hydrogen (secondary N) is 1. The summed E-state index contributed by atoms with van der Waals surface area (Å²) >= 11 is 0. The van der Waals surface area contributed by atoms with E-state index in [2.05, 4.69) is 10.3 Å². The average molecular weight is 250 g/mol. The van der Waals surface area contributed by atoms with E-state index in [1.807, 2.05) is 0 Å². The number of aliphatic hydroxyl groups is 2. The first-order valence-electron chi connectivity index (χ1n) is 4.99. The second-order valence-corrected chi connectivity index (χ2v) is 3.48. The molecule has 0 aromatic carbocycles. The first-order chi connectivity index (χ1) is 7.93. The number of hydrogen-bond acceptors (Lipinski definition) is 4. The predicted molar refractivity (Wildman–Crippen MR) is 55.4 cm³/mol. The largest absolute Gasteiger partial charge is 0.416 e. The fourth-order valence-electron chi connectivity index (χ4n) is 1.16. The van der Waals surface area contributed by atoms with Crippen LogP contribution in [0.25, 0.3) is 0 Å². The third kappa shape index (κ3) is 4.58. The maximum absolute atomic E-state index is 12.3. The van der Waals surface area contributed by atoms with E-state index in [9.17, 15) is 13.2 Å². The van der Waals surface area contributed by atoms with Crippen molar-refractivity contribution in [3.8, 4) is 0 Å². The highest BCUT2D eigenvalue weighted by atomic mass is 19.4. The number of hydrogen-bond donors (Lipinski definition) is 3. The summed E-state index contributed by atoms with van der Waals surface area (Å²) in [6.45, 7) is -0.145. The number of halogens is 3. The van der Waals surface area contributed by atoms with Gasteiger partial charge in [-0.25, -0.2) is 4.98 Å². The van der Waals surface area contributed by atoms with Gasteiger partial charge < -0.3 is 15.5 Å². The van der Waals surface area contributed by atoms with Crippen LogP contribution in [-0.4, -0.2) is 34.5 Å². The number of alkyl halides is 3. The topological polar surface area (TPSA) is 65.4 Å². The first kappa shape index (κ1) is 13.7. The Balaban J connectivity index is 2.55. The van der Waals surface area contributed by atoms with Crippen LogP contribution in [0.5, 0.6) is 0 Å². The highest BCUT2D eigenvalue weighted by molar-refractivity contribution is 5.38. The lowest BCUT2D eigenvalue weighted by molar-refractivity contribution is -0.137. The van der Waals surface area contributed by atoms with Crippen molar-refractivity contribution in [2.45, 2.75) is 18.7 Å². The molecule has 0 bridgehead atoms. The molecule has 0 aliphatic heterocycles. The second-order valence-electron chi connectivity index (χ2n) is 3.48. The van der Waals surface area contributed by atoms with E-state index in [-0.39, 0.29) is 25.4 Å². The van der Waals surface area contributed by atoms with Crippen LogP contribution in [0.4, 0.5) is 19.0 Å². The molecule has 0 aliphatic rings. The summed E-state index contributed by atoms with van der Waals surface area (Å²) in [4.78, 5) is 3.72. The van der Waals surface area contributed by atoms with E-state index in [0.717, 1.165) is 18.3 Å². The van der Waals surface area contributed by atoms with Crippen molar-refractivity contribution in [3.63, 3.8) is 0 Å². The molecule has 0 spiro atoms. The van der Waals surface area contributed by atoms with E-state index in [1.54, 1.807) is 0 Å². The van der Waals surface area contributed by atoms with Crippen LogP contribution in [-0.2, 0) is 6.18 Å². The molecule has 0 amide bonds. The van der Waals surface area contributed by atoms with Gasteiger partial charge in [-0.2, -0.15) is 13.2 Å². The van der Waals surface area contributed by atoms with Crippen LogP contribution in [0.3, 0.4) is 0 Å². The van der Waals surface area contributed by atoms with Gasteiger partial charge in [-0.05, 0) is 18.6 Å². The van der Waals surface area contributed by atoms with Crippen LogP contribution >= 0.6 is 0 Å². The van der Waals surface area contributed by atoms with Crippen LogP contribution in [0, 0.1) is 0 Å². The molecular weight excluding hydrogens is 237 g/mol. The van der Waals surface area contributed by atoms with Gasteiger partial charge in [0, 0.05) is 12.7 Å². The molecule has 1 heterocycles. The van der Waals surface area contributed by atoms with Crippen LogP contribution in [0.1, 0.15) is 12.0 Å². The van der Waals surface area contributed by atoms with Gasteiger partial charge in [0.2, 0.25) is 0 Å². The fourth-order valence-corrected chi connectivity index (χ4v) is 1.16. The van der Waals surface area contributed by atoms with Crippen molar-refractivity contribution in [1.29, 1.82) is 0 Å². The normalized spacial score (nSPS) is 13.5. The van der Waals surface area contributed by atoms with E-state index in [4.69, 9.17) is 10.2 Å². The van der Waals surface area contributed by atoms with Gasteiger partial charge in [-0.15, -0.1) is 0 Å². The molecule has 3 N–H and O–H groups in total. The molecule has 0 saturated carbocycles. The molecular formula is C10H13F3N2O2. The molecule has 17 heavy (non-hydrogen) atoms. The van der Waals surface area contributed by atoms with Crippen molar-refractivity contribution in [2.24, 2.45) is 0 Å². The smallest absolute Gasteiger partial charge is 0.394 e. The molecule has 96 valence electrons. The third-order valence-corrected chi connectivity index (χ3v) is 2.08. The van der Waals surface area contributed by atoms with Crippen LogP contribution < -0.4 is 5.32 Å². The number of nitrogens with zero attached hydrogens (tertiary/aromatic N) is 1. The second kappa shape index (κ2) is 5.83. The van der Waals surface area contributed by atoms with Crippen LogP contribution in [0.2, 0.25) is 0 Å². The van der Waals surface area contributed by atoms with E-state index in [0.29, 0.717) is 0 Å². The van der Waals surface area contributed by atoms with Crippen LogP contribution in [0.15, 0.2) is 18.3 Å². The molecule has 0 saturated heterocycles. The minimum absolute atomic E-state index is 0.0879. The summed E-state index contributed by atoms with van der Waals surface area (Å²) in [5.41, 5.74) is -0.780. The van der Waals surface area contributed by atoms with Gasteiger partial charge in [0.15, 0.2) is 0 Å². The number of anilines is 1. The molecule has 0 fully saturated rings. The van der Waals surface area contributed by atoms with Crippen molar-refractivity contribution in [3.05, 3.63) is 23.9 Å². The van der Waals surface area contributed by atoms with Gasteiger partial charge >= 0.3 is 6.18 Å². The van der Waals surface area contributed by atoms with Gasteiger partial charge in [-0.1, -0.05) is 0 Å². The molecule has 7 heteroatoms. The van der Waals surface area contributed by atoms with Gasteiger partial charge in [0.1, 0.15) is 5.82 Å². The number of aromatic nitrogens is 1. The quantitative estimate of drug-likeness (QED) is 0.736. The van der Waals surface area contributed by atoms with E-state index >= 15 is 0 Å². The zero-order valence-electron chi connectivity index (χ0n) is 8.91. The monoisotopic (exact) mass is 250 g/mol. The average Bonchev–Trinajstić information content (AvgIpc) is 2.28. The Hall–Kier alpha value is -1.34. The lowest BCUT2D eigenvalue weighted by Crippen LogP contribution is -2.17. The first-order valence-corrected chi connectivity index (χ1v) is 4.99. The maximum atomic E-state index is 12.3. The maximum Gasteiger partial charge on any atom is 0.416 e. The molecule has 1 unspecified atom stereocenters. The van der Waals surface area contributed by atoms with Gasteiger partial charge in [0.05, 0.1) is 18.3 Å². The lowest BCUT2D eigenvalue weighted by Gasteiger charge is -2.11. The Labute approximate surface area is 96.1 Å². The molecule has 1 rings (SSSR count). The van der Waals surface area contributed by atoms with Crippen molar-refractivity contribution in [1.82, 2.24) is 4.98 Å². The number of rotatable bonds is 5. The highest BCUT2D eigenvalue weighted by Gasteiger charge is 2.30. The molecule has 1 aromatic rings. The SMILES string of the molecule is OCC(O)CCNc1cc(C(F)(F)F)ccn1. The fraction of sp³-hybridized carbons (Fsp3) is 0.500. The summed E-state index contributed by atoms with van der Waals surface area (Å²) in [6, 6.07) is 1.78. The van der Waals surface area contributed by atoms with Gasteiger partial charge in [-0.3, -0.25) is 0 Å². The van der Waals surface area contributed by atoms with Crippen molar-refractivity contribution in [2.75, 3.05) is 18.5 Å². The summed E-state index contributed by atoms with van der Waals surface area (Å²) < 4.78 is 37.0. The van der Waals surface area contributed by atoms with Gasteiger partial charge in [0.25, 0.3) is 0 Å². The Morgan fingerprint density at radius 2 is 2.12 bits per heavy atom. The summed E-state index contributed by atoms with van der Waals surface area (Å²) in [5, 5.41) is 20.2. The molecule has 1 aromatic heterocycles. The summed E-state index contributed by atoms with van der Waals surface area (Å²) in [7, 11) is 0. The minimum atomic E-state index is -4.40. The number of pyridine rings is 1. The van der Waals surface area contributed by atoms with Crippen molar-refractivity contribution >= 4 is 5.82 Å². The third-order valence-electron chi connectivity index (χ3n) is 2.08. The lowest BCUT2D eigenvalue weighted by atomic mass is 10.2. The number of aliphatic hydroxyl groups excluding tert-OH is 2. The van der Waals surface area contributed by atoms with Crippen molar-refractivity contribution < 1.29 is 23.4 Å². The molecule has 1 atom stereocenters. The minimum Gasteiger partial charge on any atom is -0.394 e. The zero-order valence-corrected chi connectivity index (χ0v) is 8.91. The molecule has 0 aliphatic carbocycles.